The van der Waals surface area contributed by atoms with Gasteiger partial charge in [0.1, 0.15) is 16.5 Å². The van der Waals surface area contributed by atoms with Crippen molar-refractivity contribution in [3.8, 4) is 11.1 Å². The summed E-state index contributed by atoms with van der Waals surface area (Å²) in [4.78, 5) is 29.2. The van der Waals surface area contributed by atoms with Gasteiger partial charge in [0, 0.05) is 37.4 Å². The van der Waals surface area contributed by atoms with Gasteiger partial charge in [-0.15, -0.1) is 11.3 Å². The molecule has 1 N–H and O–H groups in total. The number of benzene rings is 1. The third kappa shape index (κ3) is 4.23. The number of rotatable bonds is 8. The van der Waals surface area contributed by atoms with Crippen LogP contribution in [0.4, 0.5) is 4.39 Å². The Morgan fingerprint density at radius 2 is 2.07 bits per heavy atom. The number of carbonyl (C=O) groups is 1. The minimum atomic E-state index is -0.905. The SMILES string of the molecule is COCCc1nc2scc(-c3ccc(F)cc3)c2c(=O)n1CCCC(=O)O. The minimum absolute atomic E-state index is 0.0251. The lowest BCUT2D eigenvalue weighted by molar-refractivity contribution is -0.137. The van der Waals surface area contributed by atoms with Crippen LogP contribution in [0, 0.1) is 5.82 Å². The molecular formula is C19H19FN2O4S. The first-order valence-corrected chi connectivity index (χ1v) is 9.37. The molecule has 3 rings (SSSR count). The molecule has 0 atom stereocenters. The first-order chi connectivity index (χ1) is 13.0. The van der Waals surface area contributed by atoms with Gasteiger partial charge in [-0.1, -0.05) is 12.1 Å². The van der Waals surface area contributed by atoms with E-state index in [1.54, 1.807) is 19.2 Å². The van der Waals surface area contributed by atoms with E-state index in [0.29, 0.717) is 41.1 Å². The molecule has 0 aliphatic carbocycles. The summed E-state index contributed by atoms with van der Waals surface area (Å²) in [5, 5.41) is 11.2. The standard InChI is InChI=1S/C19H19FN2O4S/c1-26-10-8-15-21-18-17(19(25)22(15)9-2-3-16(23)24)14(11-27-18)12-4-6-13(20)7-5-12/h4-7,11H,2-3,8-10H2,1H3,(H,23,24). The Labute approximate surface area is 158 Å². The molecule has 27 heavy (non-hydrogen) atoms. The number of fused-ring (bicyclic) bond motifs is 1. The number of hydrogen-bond donors (Lipinski definition) is 1. The summed E-state index contributed by atoms with van der Waals surface area (Å²) < 4.78 is 19.9. The highest BCUT2D eigenvalue weighted by molar-refractivity contribution is 7.17. The van der Waals surface area contributed by atoms with Crippen molar-refractivity contribution in [1.29, 1.82) is 0 Å². The number of carboxylic acid groups (broad SMARTS) is 1. The molecule has 0 fully saturated rings. The number of hydrogen-bond acceptors (Lipinski definition) is 5. The van der Waals surface area contributed by atoms with E-state index in [1.165, 1.54) is 28.0 Å². The zero-order valence-corrected chi connectivity index (χ0v) is 15.6. The molecule has 6 nitrogen and oxygen atoms in total. The molecule has 1 aromatic carbocycles. The number of nitrogens with zero attached hydrogens (tertiary/aromatic N) is 2. The summed E-state index contributed by atoms with van der Waals surface area (Å²) in [5.74, 6) is -0.672. The fourth-order valence-electron chi connectivity index (χ4n) is 2.91. The molecule has 2 aromatic heterocycles. The van der Waals surface area contributed by atoms with Crippen LogP contribution in [-0.4, -0.2) is 34.3 Å². The van der Waals surface area contributed by atoms with Crippen LogP contribution in [-0.2, 0) is 22.5 Å². The average Bonchev–Trinajstić information content (AvgIpc) is 3.06. The first kappa shape index (κ1) is 19.2. The van der Waals surface area contributed by atoms with Crippen LogP contribution in [0.3, 0.4) is 0 Å². The maximum atomic E-state index is 13.2. The van der Waals surface area contributed by atoms with Crippen molar-refractivity contribution in [2.75, 3.05) is 13.7 Å². The van der Waals surface area contributed by atoms with Gasteiger partial charge in [0.2, 0.25) is 0 Å². The zero-order chi connectivity index (χ0) is 19.4. The van der Waals surface area contributed by atoms with Gasteiger partial charge in [0.25, 0.3) is 5.56 Å². The molecule has 0 aliphatic heterocycles. The lowest BCUT2D eigenvalue weighted by Crippen LogP contribution is -2.26. The lowest BCUT2D eigenvalue weighted by Gasteiger charge is -2.12. The Hall–Kier alpha value is -2.58. The van der Waals surface area contributed by atoms with Crippen LogP contribution in [0.5, 0.6) is 0 Å². The van der Waals surface area contributed by atoms with Gasteiger partial charge in [-0.05, 0) is 24.1 Å². The van der Waals surface area contributed by atoms with Crippen LogP contribution in [0.2, 0.25) is 0 Å². The van der Waals surface area contributed by atoms with E-state index in [0.717, 1.165) is 5.56 Å². The largest absolute Gasteiger partial charge is 0.481 e. The van der Waals surface area contributed by atoms with E-state index in [4.69, 9.17) is 9.84 Å². The molecular weight excluding hydrogens is 371 g/mol. The van der Waals surface area contributed by atoms with Crippen molar-refractivity contribution in [1.82, 2.24) is 9.55 Å². The molecule has 0 bridgehead atoms. The second kappa shape index (κ2) is 8.41. The van der Waals surface area contributed by atoms with Crippen LogP contribution >= 0.6 is 11.3 Å². The van der Waals surface area contributed by atoms with Crippen LogP contribution in [0.15, 0.2) is 34.4 Å². The fraction of sp³-hybridized carbons (Fsp3) is 0.316. The van der Waals surface area contributed by atoms with Crippen LogP contribution in [0.1, 0.15) is 18.7 Å². The maximum Gasteiger partial charge on any atom is 0.303 e. The number of thiophene rings is 1. The van der Waals surface area contributed by atoms with Gasteiger partial charge >= 0.3 is 5.97 Å². The molecule has 8 heteroatoms. The summed E-state index contributed by atoms with van der Waals surface area (Å²) in [6, 6.07) is 5.96. The van der Waals surface area contributed by atoms with Crippen molar-refractivity contribution in [2.45, 2.75) is 25.8 Å². The van der Waals surface area contributed by atoms with E-state index in [-0.39, 0.29) is 24.3 Å². The Morgan fingerprint density at radius 1 is 1.33 bits per heavy atom. The quantitative estimate of drug-likeness (QED) is 0.638. The second-order valence-electron chi connectivity index (χ2n) is 6.06. The minimum Gasteiger partial charge on any atom is -0.481 e. The molecule has 0 spiro atoms. The van der Waals surface area contributed by atoms with Crippen molar-refractivity contribution < 1.29 is 19.0 Å². The smallest absolute Gasteiger partial charge is 0.303 e. The van der Waals surface area contributed by atoms with Gasteiger partial charge in [0.05, 0.1) is 12.0 Å². The van der Waals surface area contributed by atoms with Crippen LogP contribution < -0.4 is 5.56 Å². The monoisotopic (exact) mass is 390 g/mol. The predicted molar refractivity (Wildman–Crippen MR) is 102 cm³/mol. The summed E-state index contributed by atoms with van der Waals surface area (Å²) in [5.41, 5.74) is 1.23. The van der Waals surface area contributed by atoms with Crippen molar-refractivity contribution >= 4 is 27.5 Å². The number of methoxy groups -OCH3 is 1. The molecule has 2 heterocycles. The van der Waals surface area contributed by atoms with Gasteiger partial charge in [0.15, 0.2) is 0 Å². The van der Waals surface area contributed by atoms with Crippen LogP contribution in [0.25, 0.3) is 21.3 Å². The van der Waals surface area contributed by atoms with E-state index >= 15 is 0 Å². The highest BCUT2D eigenvalue weighted by Crippen LogP contribution is 2.31. The normalized spacial score (nSPS) is 11.2. The molecule has 0 aliphatic rings. The second-order valence-corrected chi connectivity index (χ2v) is 6.92. The lowest BCUT2D eigenvalue weighted by atomic mass is 10.1. The van der Waals surface area contributed by atoms with Gasteiger partial charge < -0.3 is 9.84 Å². The highest BCUT2D eigenvalue weighted by Gasteiger charge is 2.17. The van der Waals surface area contributed by atoms with E-state index < -0.39 is 5.97 Å². The number of ether oxygens (including phenoxy) is 1. The molecule has 3 aromatic rings. The summed E-state index contributed by atoms with van der Waals surface area (Å²) in [6.07, 6.45) is 0.764. The zero-order valence-electron chi connectivity index (χ0n) is 14.8. The molecule has 0 amide bonds. The van der Waals surface area contributed by atoms with E-state index in [2.05, 4.69) is 4.98 Å². The summed E-state index contributed by atoms with van der Waals surface area (Å²) in [7, 11) is 1.57. The summed E-state index contributed by atoms with van der Waals surface area (Å²) in [6.45, 7) is 0.679. The molecule has 0 radical (unpaired) electrons. The molecule has 0 saturated heterocycles. The fourth-order valence-corrected chi connectivity index (χ4v) is 3.87. The maximum absolute atomic E-state index is 13.2. The van der Waals surface area contributed by atoms with E-state index in [9.17, 15) is 14.0 Å². The van der Waals surface area contributed by atoms with Gasteiger partial charge in [-0.3, -0.25) is 14.2 Å². The molecule has 0 unspecified atom stereocenters. The van der Waals surface area contributed by atoms with Crippen molar-refractivity contribution in [3.63, 3.8) is 0 Å². The van der Waals surface area contributed by atoms with Crippen molar-refractivity contribution in [3.05, 3.63) is 51.6 Å². The third-order valence-electron chi connectivity index (χ3n) is 4.23. The third-order valence-corrected chi connectivity index (χ3v) is 5.10. The topological polar surface area (TPSA) is 81.4 Å². The number of carboxylic acids is 1. The Kier molecular flexibility index (Phi) is 5.98. The van der Waals surface area contributed by atoms with Crippen molar-refractivity contribution in [2.24, 2.45) is 0 Å². The Balaban J connectivity index is 2.09. The number of halogens is 1. The predicted octanol–water partition coefficient (Wildman–Crippen LogP) is 3.32. The van der Waals surface area contributed by atoms with E-state index in [1.807, 2.05) is 5.38 Å². The number of aromatic nitrogens is 2. The van der Waals surface area contributed by atoms with Gasteiger partial charge in [-0.25, -0.2) is 9.37 Å². The molecule has 0 saturated carbocycles. The highest BCUT2D eigenvalue weighted by atomic mass is 32.1. The number of aliphatic carboxylic acids is 1. The van der Waals surface area contributed by atoms with Gasteiger partial charge in [-0.2, -0.15) is 0 Å². The first-order valence-electron chi connectivity index (χ1n) is 8.49. The summed E-state index contributed by atoms with van der Waals surface area (Å²) >= 11 is 1.36. The Morgan fingerprint density at radius 3 is 2.74 bits per heavy atom. The Bertz CT molecular complexity index is 1010. The molecule has 142 valence electrons. The average molecular weight is 390 g/mol.